The van der Waals surface area contributed by atoms with E-state index in [1.807, 2.05) is 54.7 Å². The van der Waals surface area contributed by atoms with E-state index in [1.165, 1.54) is 0 Å². The number of pyridine rings is 1. The van der Waals surface area contributed by atoms with Crippen LogP contribution in [0.2, 0.25) is 0 Å². The summed E-state index contributed by atoms with van der Waals surface area (Å²) in [6, 6.07) is 22.0. The number of rotatable bonds is 6. The number of benzene rings is 2. The molecule has 0 aliphatic rings. The van der Waals surface area contributed by atoms with Crippen molar-refractivity contribution >= 4 is 28.4 Å². The second-order valence-electron chi connectivity index (χ2n) is 6.89. The minimum absolute atomic E-state index is 0.0835. The van der Waals surface area contributed by atoms with Crippen LogP contribution in [-0.2, 0) is 0 Å². The highest BCUT2D eigenvalue weighted by Gasteiger charge is 2.23. The maximum Gasteiger partial charge on any atom is 0.195 e. The second-order valence-corrected chi connectivity index (χ2v) is 7.98. The monoisotopic (exact) mass is 386 g/mol. The van der Waals surface area contributed by atoms with Crippen molar-refractivity contribution in [1.82, 2.24) is 9.55 Å². The first-order chi connectivity index (χ1) is 13.7. The quantitative estimate of drug-likeness (QED) is 0.304. The predicted molar refractivity (Wildman–Crippen MR) is 116 cm³/mol. The molecular weight excluding hydrogens is 364 g/mol. The van der Waals surface area contributed by atoms with Gasteiger partial charge in [0.05, 0.1) is 5.56 Å². The van der Waals surface area contributed by atoms with Crippen LogP contribution < -0.4 is 0 Å². The first-order valence-electron chi connectivity index (χ1n) is 9.39. The van der Waals surface area contributed by atoms with Gasteiger partial charge in [-0.1, -0.05) is 48.5 Å². The molecule has 4 aromatic rings. The van der Waals surface area contributed by atoms with Gasteiger partial charge in [-0.15, -0.1) is 11.8 Å². The Bertz CT molecular complexity index is 1100. The number of hydrogen-bond acceptors (Lipinski definition) is 3. The Balaban J connectivity index is 1.73. The molecule has 0 spiro atoms. The third-order valence-electron chi connectivity index (χ3n) is 4.99. The molecule has 2 heterocycles. The molecule has 0 saturated heterocycles. The summed E-state index contributed by atoms with van der Waals surface area (Å²) in [6.07, 6.45) is 3.68. The van der Waals surface area contributed by atoms with Crippen LogP contribution >= 0.6 is 11.8 Å². The average molecular weight is 387 g/mol. The maximum atomic E-state index is 13.3. The van der Waals surface area contributed by atoms with Gasteiger partial charge < -0.3 is 4.57 Å². The van der Waals surface area contributed by atoms with Crippen molar-refractivity contribution in [3.63, 3.8) is 0 Å². The zero-order chi connectivity index (χ0) is 19.5. The van der Waals surface area contributed by atoms with Gasteiger partial charge in [0.2, 0.25) is 0 Å². The van der Waals surface area contributed by atoms with Crippen molar-refractivity contribution in [3.8, 4) is 0 Å². The number of aromatic nitrogens is 2. The lowest BCUT2D eigenvalue weighted by Gasteiger charge is -2.17. The van der Waals surface area contributed by atoms with Crippen LogP contribution in [-0.4, -0.2) is 21.1 Å². The van der Waals surface area contributed by atoms with Crippen molar-refractivity contribution in [2.75, 3.05) is 5.75 Å². The molecule has 28 heavy (non-hydrogen) atoms. The summed E-state index contributed by atoms with van der Waals surface area (Å²) in [5, 5.41) is 1.02. The summed E-state index contributed by atoms with van der Waals surface area (Å²) in [6.45, 7) is 4.26. The van der Waals surface area contributed by atoms with E-state index in [0.29, 0.717) is 0 Å². The predicted octanol–water partition coefficient (Wildman–Crippen LogP) is 5.93. The standard InChI is InChI=1S/C24H22N2OS/c1-17(16-28-20-11-8-14-25-15-20)26-18(2)23(21-12-6-7-13-22(21)26)24(27)19-9-4-3-5-10-19/h3-15,17H,16H2,1-2H3. The zero-order valence-electron chi connectivity index (χ0n) is 16.0. The molecule has 2 aromatic heterocycles. The molecule has 2 aromatic carbocycles. The van der Waals surface area contributed by atoms with E-state index in [4.69, 9.17) is 0 Å². The normalized spacial score (nSPS) is 12.2. The lowest BCUT2D eigenvalue weighted by atomic mass is 10.0. The number of carbonyl (C=O) groups excluding carboxylic acids is 1. The number of para-hydroxylation sites is 1. The number of thioether (sulfide) groups is 1. The van der Waals surface area contributed by atoms with Gasteiger partial charge in [-0.2, -0.15) is 0 Å². The SMILES string of the molecule is Cc1c(C(=O)c2ccccc2)c2ccccc2n1C(C)CSc1cccnc1. The van der Waals surface area contributed by atoms with Crippen molar-refractivity contribution in [2.45, 2.75) is 24.8 Å². The number of ketones is 1. The molecule has 0 bridgehead atoms. The van der Waals surface area contributed by atoms with Crippen LogP contribution in [0.15, 0.2) is 84.0 Å². The molecule has 1 unspecified atom stereocenters. The summed E-state index contributed by atoms with van der Waals surface area (Å²) in [4.78, 5) is 18.6. The van der Waals surface area contributed by atoms with Crippen molar-refractivity contribution in [2.24, 2.45) is 0 Å². The smallest absolute Gasteiger partial charge is 0.195 e. The third-order valence-corrected chi connectivity index (χ3v) is 6.21. The Kier molecular flexibility index (Phi) is 5.31. The first-order valence-corrected chi connectivity index (χ1v) is 10.4. The van der Waals surface area contributed by atoms with E-state index in [-0.39, 0.29) is 11.8 Å². The fourth-order valence-corrected chi connectivity index (χ4v) is 4.60. The van der Waals surface area contributed by atoms with Gasteiger partial charge >= 0.3 is 0 Å². The molecule has 0 fully saturated rings. The molecular formula is C24H22N2OS. The number of carbonyl (C=O) groups is 1. The zero-order valence-corrected chi connectivity index (χ0v) is 16.8. The maximum absolute atomic E-state index is 13.3. The summed E-state index contributed by atoms with van der Waals surface area (Å²) >= 11 is 1.79. The van der Waals surface area contributed by atoms with E-state index in [0.717, 1.165) is 38.4 Å². The molecule has 140 valence electrons. The Labute approximate surface area is 169 Å². The fourth-order valence-electron chi connectivity index (χ4n) is 3.70. The van der Waals surface area contributed by atoms with Crippen LogP contribution in [0.4, 0.5) is 0 Å². The summed E-state index contributed by atoms with van der Waals surface area (Å²) < 4.78 is 2.30. The highest BCUT2D eigenvalue weighted by atomic mass is 32.2. The summed E-state index contributed by atoms with van der Waals surface area (Å²) in [7, 11) is 0. The molecule has 0 saturated carbocycles. The highest BCUT2D eigenvalue weighted by Crippen LogP contribution is 2.33. The molecule has 4 rings (SSSR count). The Morgan fingerprint density at radius 3 is 2.54 bits per heavy atom. The van der Waals surface area contributed by atoms with E-state index in [2.05, 4.69) is 41.6 Å². The summed E-state index contributed by atoms with van der Waals surface area (Å²) in [5.74, 6) is 0.990. The van der Waals surface area contributed by atoms with Crippen LogP contribution in [0.5, 0.6) is 0 Å². The van der Waals surface area contributed by atoms with Gasteiger partial charge in [-0.05, 0) is 32.0 Å². The van der Waals surface area contributed by atoms with Gasteiger partial charge in [0.25, 0.3) is 0 Å². The second kappa shape index (κ2) is 8.03. The third kappa shape index (κ3) is 3.48. The highest BCUT2D eigenvalue weighted by molar-refractivity contribution is 7.99. The summed E-state index contributed by atoms with van der Waals surface area (Å²) in [5.41, 5.74) is 3.67. The van der Waals surface area contributed by atoms with Gasteiger partial charge in [0, 0.05) is 51.2 Å². The molecule has 0 N–H and O–H groups in total. The van der Waals surface area contributed by atoms with E-state index < -0.39 is 0 Å². The molecule has 3 nitrogen and oxygen atoms in total. The molecule has 0 radical (unpaired) electrons. The van der Waals surface area contributed by atoms with Crippen LogP contribution in [0.3, 0.4) is 0 Å². The topological polar surface area (TPSA) is 34.9 Å². The van der Waals surface area contributed by atoms with Crippen molar-refractivity contribution in [3.05, 3.63) is 95.9 Å². The van der Waals surface area contributed by atoms with Gasteiger partial charge in [-0.3, -0.25) is 9.78 Å². The van der Waals surface area contributed by atoms with E-state index in [1.54, 1.807) is 18.0 Å². The lowest BCUT2D eigenvalue weighted by Crippen LogP contribution is -2.11. The average Bonchev–Trinajstić information content (AvgIpc) is 3.04. The Morgan fingerprint density at radius 2 is 1.79 bits per heavy atom. The van der Waals surface area contributed by atoms with Crippen molar-refractivity contribution < 1.29 is 4.79 Å². The minimum Gasteiger partial charge on any atom is -0.340 e. The molecule has 0 aliphatic heterocycles. The van der Waals surface area contributed by atoms with E-state index >= 15 is 0 Å². The Morgan fingerprint density at radius 1 is 1.04 bits per heavy atom. The lowest BCUT2D eigenvalue weighted by molar-refractivity contribution is 0.103. The van der Waals surface area contributed by atoms with Crippen LogP contribution in [0.25, 0.3) is 10.9 Å². The number of nitrogens with zero attached hydrogens (tertiary/aromatic N) is 2. The minimum atomic E-state index is 0.0835. The number of fused-ring (bicyclic) bond motifs is 1. The molecule has 0 amide bonds. The molecule has 1 atom stereocenters. The van der Waals surface area contributed by atoms with Crippen LogP contribution in [0, 0.1) is 6.92 Å². The van der Waals surface area contributed by atoms with Gasteiger partial charge in [0.15, 0.2) is 5.78 Å². The fraction of sp³-hybridized carbons (Fsp3) is 0.167. The molecule has 4 heteroatoms. The van der Waals surface area contributed by atoms with Gasteiger partial charge in [-0.25, -0.2) is 0 Å². The van der Waals surface area contributed by atoms with E-state index in [9.17, 15) is 4.79 Å². The Hall–Kier alpha value is -2.85. The largest absolute Gasteiger partial charge is 0.340 e. The molecule has 0 aliphatic carbocycles. The number of hydrogen-bond donors (Lipinski definition) is 0. The first kappa shape index (κ1) is 18.5. The van der Waals surface area contributed by atoms with Crippen molar-refractivity contribution in [1.29, 1.82) is 0 Å². The van der Waals surface area contributed by atoms with Gasteiger partial charge in [0.1, 0.15) is 0 Å². The van der Waals surface area contributed by atoms with Crippen LogP contribution in [0.1, 0.15) is 34.6 Å².